The molecule has 0 aliphatic carbocycles. The van der Waals surface area contributed by atoms with Crippen molar-refractivity contribution >= 4 is 28.3 Å². The predicted octanol–water partition coefficient (Wildman–Crippen LogP) is 2.19. The molecule has 2 heterocycles. The first-order valence-electron chi connectivity index (χ1n) is 8.29. The van der Waals surface area contributed by atoms with E-state index in [1.54, 1.807) is 30.7 Å². The lowest BCUT2D eigenvalue weighted by molar-refractivity contribution is -0.128. The molecule has 0 radical (unpaired) electrons. The number of thiazole rings is 1. The fraction of sp³-hybridized carbons (Fsp3) is 0.389. The van der Waals surface area contributed by atoms with Crippen LogP contribution in [0.15, 0.2) is 29.8 Å². The summed E-state index contributed by atoms with van der Waals surface area (Å²) in [4.78, 5) is 30.3. The highest BCUT2D eigenvalue weighted by atomic mass is 32.1. The molecular formula is C18H21N3O4S. The molecular weight excluding hydrogens is 354 g/mol. The van der Waals surface area contributed by atoms with Crippen molar-refractivity contribution in [1.29, 1.82) is 0 Å². The van der Waals surface area contributed by atoms with Gasteiger partial charge in [0, 0.05) is 31.1 Å². The highest BCUT2D eigenvalue weighted by Crippen LogP contribution is 2.28. The molecule has 0 unspecified atom stereocenters. The number of nitrogens with zero attached hydrogens (tertiary/aromatic N) is 2. The van der Waals surface area contributed by atoms with Crippen LogP contribution < -0.4 is 14.8 Å². The van der Waals surface area contributed by atoms with Gasteiger partial charge in [0.1, 0.15) is 0 Å². The summed E-state index contributed by atoms with van der Waals surface area (Å²) in [5.41, 5.74) is 1.05. The molecule has 7 nitrogen and oxygen atoms in total. The fourth-order valence-corrected chi connectivity index (χ4v) is 3.49. The molecule has 1 aliphatic rings. The number of likely N-dealkylation sites (tertiary alicyclic amines) is 1. The molecule has 1 saturated heterocycles. The number of anilines is 1. The number of hydrogen-bond acceptors (Lipinski definition) is 6. The summed E-state index contributed by atoms with van der Waals surface area (Å²) in [6.07, 6.45) is 2.56. The van der Waals surface area contributed by atoms with Gasteiger partial charge >= 0.3 is 0 Å². The summed E-state index contributed by atoms with van der Waals surface area (Å²) < 4.78 is 10.5. The van der Waals surface area contributed by atoms with Crippen molar-refractivity contribution in [3.05, 3.63) is 35.3 Å². The summed E-state index contributed by atoms with van der Waals surface area (Å²) in [6.45, 7) is 0.999. The molecule has 0 spiro atoms. The third-order valence-corrected chi connectivity index (χ3v) is 5.05. The van der Waals surface area contributed by atoms with Crippen LogP contribution in [0.1, 0.15) is 12.0 Å². The van der Waals surface area contributed by atoms with Crippen LogP contribution in [0.25, 0.3) is 0 Å². The maximum absolute atomic E-state index is 12.3. The topological polar surface area (TPSA) is 80.8 Å². The maximum atomic E-state index is 12.3. The smallest absolute Gasteiger partial charge is 0.231 e. The first-order valence-corrected chi connectivity index (χ1v) is 9.17. The Labute approximate surface area is 155 Å². The number of rotatable bonds is 7. The Kier molecular flexibility index (Phi) is 5.72. The molecule has 2 amide bonds. The molecule has 1 aliphatic heterocycles. The number of benzene rings is 1. The first-order chi connectivity index (χ1) is 12.6. The average Bonchev–Trinajstić information content (AvgIpc) is 3.29. The molecule has 138 valence electrons. The highest BCUT2D eigenvalue weighted by Gasteiger charge is 2.34. The summed E-state index contributed by atoms with van der Waals surface area (Å²) in [7, 11) is 3.19. The van der Waals surface area contributed by atoms with Crippen LogP contribution in [0, 0.1) is 5.92 Å². The first kappa shape index (κ1) is 18.2. The zero-order chi connectivity index (χ0) is 18.5. The molecule has 26 heavy (non-hydrogen) atoms. The van der Waals surface area contributed by atoms with Crippen molar-refractivity contribution < 1.29 is 19.1 Å². The number of amides is 2. The van der Waals surface area contributed by atoms with Gasteiger partial charge in [-0.1, -0.05) is 6.07 Å². The second-order valence-electron chi connectivity index (χ2n) is 6.01. The van der Waals surface area contributed by atoms with Gasteiger partial charge in [-0.05, 0) is 24.1 Å². The third-order valence-electron chi connectivity index (χ3n) is 4.37. The van der Waals surface area contributed by atoms with E-state index in [0.717, 1.165) is 5.56 Å². The van der Waals surface area contributed by atoms with Crippen LogP contribution in [0.3, 0.4) is 0 Å². The van der Waals surface area contributed by atoms with Crippen molar-refractivity contribution in [2.75, 3.05) is 32.6 Å². The van der Waals surface area contributed by atoms with E-state index in [1.165, 1.54) is 11.3 Å². The Balaban J connectivity index is 1.55. The number of nitrogens with one attached hydrogen (secondary N) is 1. The van der Waals surface area contributed by atoms with Gasteiger partial charge in [0.15, 0.2) is 16.6 Å². The van der Waals surface area contributed by atoms with E-state index in [4.69, 9.17) is 9.47 Å². The van der Waals surface area contributed by atoms with E-state index in [2.05, 4.69) is 10.3 Å². The van der Waals surface area contributed by atoms with E-state index in [1.807, 2.05) is 18.2 Å². The van der Waals surface area contributed by atoms with Crippen molar-refractivity contribution in [2.24, 2.45) is 5.92 Å². The summed E-state index contributed by atoms with van der Waals surface area (Å²) in [6, 6.07) is 5.71. The van der Waals surface area contributed by atoms with E-state index in [9.17, 15) is 9.59 Å². The standard InChI is InChI=1S/C18H21N3O4S/c1-24-14-4-3-12(9-15(14)25-2)5-7-21-11-13(10-16(21)22)17(23)20-18-19-6-8-26-18/h3-4,6,8-9,13H,5,7,10-11H2,1-2H3,(H,19,20,23)/t13-/m0/s1. The quantitative estimate of drug-likeness (QED) is 0.802. The predicted molar refractivity (Wildman–Crippen MR) is 98.7 cm³/mol. The minimum atomic E-state index is -0.336. The van der Waals surface area contributed by atoms with Crippen LogP contribution in [-0.4, -0.2) is 49.0 Å². The Morgan fingerprint density at radius 1 is 1.35 bits per heavy atom. The molecule has 0 saturated carbocycles. The normalized spacial score (nSPS) is 16.6. The number of hydrogen-bond donors (Lipinski definition) is 1. The molecule has 8 heteroatoms. The minimum Gasteiger partial charge on any atom is -0.493 e. The van der Waals surface area contributed by atoms with Crippen molar-refractivity contribution in [3.63, 3.8) is 0 Å². The van der Waals surface area contributed by atoms with Crippen LogP contribution in [0.5, 0.6) is 11.5 Å². The molecule has 1 aromatic heterocycles. The van der Waals surface area contributed by atoms with E-state index in [0.29, 0.717) is 36.1 Å². The molecule has 1 atom stereocenters. The Morgan fingerprint density at radius 3 is 2.85 bits per heavy atom. The van der Waals surface area contributed by atoms with Crippen LogP contribution in [0.4, 0.5) is 5.13 Å². The van der Waals surface area contributed by atoms with Crippen LogP contribution in [-0.2, 0) is 16.0 Å². The molecule has 1 aromatic carbocycles. The van der Waals surface area contributed by atoms with Gasteiger partial charge < -0.3 is 19.7 Å². The summed E-state index contributed by atoms with van der Waals surface area (Å²) >= 11 is 1.36. The number of aromatic nitrogens is 1. The SMILES string of the molecule is COc1ccc(CCN2C[C@@H](C(=O)Nc3nccs3)CC2=O)cc1OC. The van der Waals surface area contributed by atoms with Gasteiger partial charge in [-0.25, -0.2) is 4.98 Å². The van der Waals surface area contributed by atoms with Gasteiger partial charge in [0.25, 0.3) is 0 Å². The minimum absolute atomic E-state index is 0.00441. The maximum Gasteiger partial charge on any atom is 0.231 e. The highest BCUT2D eigenvalue weighted by molar-refractivity contribution is 7.13. The lowest BCUT2D eigenvalue weighted by atomic mass is 10.1. The molecule has 1 N–H and O–H groups in total. The molecule has 3 rings (SSSR count). The zero-order valence-electron chi connectivity index (χ0n) is 14.7. The van der Waals surface area contributed by atoms with Crippen LogP contribution >= 0.6 is 11.3 Å². The lowest BCUT2D eigenvalue weighted by Gasteiger charge is -2.17. The van der Waals surface area contributed by atoms with Gasteiger partial charge in [-0.3, -0.25) is 9.59 Å². The summed E-state index contributed by atoms with van der Waals surface area (Å²) in [5, 5.41) is 5.12. The second-order valence-corrected chi connectivity index (χ2v) is 6.90. The Morgan fingerprint density at radius 2 is 2.15 bits per heavy atom. The lowest BCUT2D eigenvalue weighted by Crippen LogP contribution is -2.30. The van der Waals surface area contributed by atoms with Gasteiger partial charge in [-0.15, -0.1) is 11.3 Å². The van der Waals surface area contributed by atoms with Crippen molar-refractivity contribution in [3.8, 4) is 11.5 Å². The largest absolute Gasteiger partial charge is 0.493 e. The fourth-order valence-electron chi connectivity index (χ4n) is 2.96. The molecule has 1 fully saturated rings. The number of ether oxygens (including phenoxy) is 2. The zero-order valence-corrected chi connectivity index (χ0v) is 15.5. The third kappa shape index (κ3) is 4.13. The summed E-state index contributed by atoms with van der Waals surface area (Å²) in [5.74, 6) is 0.856. The number of methoxy groups -OCH3 is 2. The monoisotopic (exact) mass is 375 g/mol. The van der Waals surface area contributed by atoms with Gasteiger partial charge in [-0.2, -0.15) is 0 Å². The molecule has 2 aromatic rings. The number of carbonyl (C=O) groups excluding carboxylic acids is 2. The van der Waals surface area contributed by atoms with Gasteiger partial charge in [0.2, 0.25) is 11.8 Å². The van der Waals surface area contributed by atoms with Crippen LogP contribution in [0.2, 0.25) is 0 Å². The Hall–Kier alpha value is -2.61. The Bertz CT molecular complexity index is 779. The van der Waals surface area contributed by atoms with Crippen molar-refractivity contribution in [2.45, 2.75) is 12.8 Å². The number of carbonyl (C=O) groups is 2. The van der Waals surface area contributed by atoms with E-state index in [-0.39, 0.29) is 24.2 Å². The second kappa shape index (κ2) is 8.18. The van der Waals surface area contributed by atoms with Crippen molar-refractivity contribution in [1.82, 2.24) is 9.88 Å². The van der Waals surface area contributed by atoms with E-state index < -0.39 is 0 Å². The average molecular weight is 375 g/mol. The molecule has 0 bridgehead atoms. The van der Waals surface area contributed by atoms with E-state index >= 15 is 0 Å². The van der Waals surface area contributed by atoms with Gasteiger partial charge in [0.05, 0.1) is 20.1 Å².